The van der Waals surface area contributed by atoms with Gasteiger partial charge in [-0.15, -0.1) is 0 Å². The Kier molecular flexibility index (Phi) is 15.2. The molecule has 0 fully saturated rings. The van der Waals surface area contributed by atoms with E-state index < -0.39 is 25.2 Å². The second-order valence-corrected chi connectivity index (χ2v) is 4.80. The monoisotopic (exact) mass is 285 g/mol. The predicted octanol–water partition coefficient (Wildman–Crippen LogP) is 0.473. The van der Waals surface area contributed by atoms with Crippen LogP contribution in [-0.4, -0.2) is 77.3 Å². The maximum absolute atomic E-state index is 11.4. The minimum atomic E-state index is -1.13. The molecule has 6 heteroatoms. The van der Waals surface area contributed by atoms with Crippen LogP contribution in [0.4, 0.5) is 0 Å². The molecule has 0 saturated heterocycles. The summed E-state index contributed by atoms with van der Waals surface area (Å²) in [6, 6.07) is 0. The molecule has 1 radical (unpaired) electrons. The van der Waals surface area contributed by atoms with Crippen molar-refractivity contribution in [3.8, 4) is 0 Å². The van der Waals surface area contributed by atoms with Gasteiger partial charge in [0.2, 0.25) is 0 Å². The maximum atomic E-state index is 11.4. The first kappa shape index (κ1) is 21.6. The fourth-order valence-corrected chi connectivity index (χ4v) is 1.47. The molecular formula is C13H26NaO5. The number of hydrogen-bond donors (Lipinski definition) is 3. The summed E-state index contributed by atoms with van der Waals surface area (Å²) in [5.74, 6) is -0.341. The Morgan fingerprint density at radius 3 is 2.00 bits per heavy atom. The summed E-state index contributed by atoms with van der Waals surface area (Å²) in [6.07, 6.45) is 5.62. The quantitative estimate of drug-likeness (QED) is 0.292. The van der Waals surface area contributed by atoms with Crippen LogP contribution in [0, 0.1) is 5.41 Å². The van der Waals surface area contributed by atoms with Crippen LogP contribution >= 0.6 is 0 Å². The van der Waals surface area contributed by atoms with E-state index in [0.717, 1.165) is 25.7 Å². The van der Waals surface area contributed by atoms with E-state index in [-0.39, 0.29) is 42.1 Å². The molecule has 0 spiro atoms. The van der Waals surface area contributed by atoms with Gasteiger partial charge in [0, 0.05) is 36.0 Å². The largest absolute Gasteiger partial charge is 0.465 e. The van der Waals surface area contributed by atoms with Gasteiger partial charge in [-0.05, 0) is 6.42 Å². The Labute approximate surface area is 137 Å². The van der Waals surface area contributed by atoms with E-state index in [1.165, 1.54) is 6.42 Å². The molecule has 0 aromatic carbocycles. The van der Waals surface area contributed by atoms with Crippen LogP contribution in [0.5, 0.6) is 0 Å². The Morgan fingerprint density at radius 1 is 1.00 bits per heavy atom. The van der Waals surface area contributed by atoms with Crippen molar-refractivity contribution >= 4 is 35.5 Å². The van der Waals surface area contributed by atoms with E-state index in [4.69, 9.17) is 20.1 Å². The van der Waals surface area contributed by atoms with Crippen LogP contribution < -0.4 is 0 Å². The van der Waals surface area contributed by atoms with Gasteiger partial charge in [0.25, 0.3) is 0 Å². The molecule has 0 aromatic rings. The van der Waals surface area contributed by atoms with Crippen molar-refractivity contribution in [2.45, 2.75) is 45.4 Å². The summed E-state index contributed by atoms with van der Waals surface area (Å²) in [5.41, 5.74) is -1.13. The normalized spacial score (nSPS) is 10.9. The number of aliphatic hydroxyl groups excluding tert-OH is 3. The summed E-state index contributed by atoms with van der Waals surface area (Å²) < 4.78 is 4.97. The van der Waals surface area contributed by atoms with Crippen molar-refractivity contribution in [3.63, 3.8) is 0 Å². The summed E-state index contributed by atoms with van der Waals surface area (Å²) in [4.78, 5) is 11.4. The first-order chi connectivity index (χ1) is 8.64. The third-order valence-electron chi connectivity index (χ3n) is 3.03. The minimum absolute atomic E-state index is 0. The number of rotatable bonds is 11. The third kappa shape index (κ3) is 9.82. The van der Waals surface area contributed by atoms with E-state index in [2.05, 4.69) is 6.92 Å². The number of carbonyl (C=O) groups is 1. The van der Waals surface area contributed by atoms with Crippen molar-refractivity contribution in [1.82, 2.24) is 0 Å². The molecule has 0 rings (SSSR count). The molecule has 0 aliphatic heterocycles. The van der Waals surface area contributed by atoms with Gasteiger partial charge in [-0.25, -0.2) is 0 Å². The molecule has 0 aliphatic rings. The van der Waals surface area contributed by atoms with Crippen LogP contribution in [0.25, 0.3) is 0 Å². The first-order valence-corrected chi connectivity index (χ1v) is 6.62. The zero-order chi connectivity index (χ0) is 13.9. The maximum Gasteiger partial charge on any atom is 0.305 e. The number of aliphatic hydroxyl groups is 3. The Balaban J connectivity index is 0. The van der Waals surface area contributed by atoms with E-state index in [1.54, 1.807) is 0 Å². The molecule has 0 saturated carbocycles. The standard InChI is InChI=1S/C13H26O5.Na/c1-2-3-4-5-6-7-12(17)18-11-13(8-14,9-15)10-16;/h14-16H,2-11H2,1H3;. The SMILES string of the molecule is CCCCCCCC(=O)OCC(CO)(CO)CO.[Na]. The molecule has 5 nitrogen and oxygen atoms in total. The molecule has 3 N–H and O–H groups in total. The van der Waals surface area contributed by atoms with E-state index >= 15 is 0 Å². The number of esters is 1. The smallest absolute Gasteiger partial charge is 0.305 e. The third-order valence-corrected chi connectivity index (χ3v) is 3.03. The first-order valence-electron chi connectivity index (χ1n) is 6.62. The van der Waals surface area contributed by atoms with Crippen LogP contribution in [0.2, 0.25) is 0 Å². The molecule has 19 heavy (non-hydrogen) atoms. The summed E-state index contributed by atoms with van der Waals surface area (Å²) in [5, 5.41) is 27.2. The molecule has 0 heterocycles. The molecular weight excluding hydrogens is 259 g/mol. The predicted molar refractivity (Wildman–Crippen MR) is 73.8 cm³/mol. The van der Waals surface area contributed by atoms with Gasteiger partial charge in [-0.2, -0.15) is 0 Å². The van der Waals surface area contributed by atoms with Gasteiger partial charge in [0.05, 0.1) is 25.2 Å². The molecule has 0 atom stereocenters. The van der Waals surface area contributed by atoms with Gasteiger partial charge in [-0.3, -0.25) is 4.79 Å². The second kappa shape index (κ2) is 13.3. The van der Waals surface area contributed by atoms with E-state index in [1.807, 2.05) is 0 Å². The van der Waals surface area contributed by atoms with Gasteiger partial charge >= 0.3 is 5.97 Å². The Hall–Kier alpha value is 0.350. The van der Waals surface area contributed by atoms with Crippen molar-refractivity contribution in [3.05, 3.63) is 0 Å². The van der Waals surface area contributed by atoms with Crippen molar-refractivity contribution in [2.24, 2.45) is 5.41 Å². The van der Waals surface area contributed by atoms with Crippen LogP contribution in [0.15, 0.2) is 0 Å². The zero-order valence-electron chi connectivity index (χ0n) is 12.2. The van der Waals surface area contributed by atoms with Crippen LogP contribution in [-0.2, 0) is 9.53 Å². The molecule has 109 valence electrons. The van der Waals surface area contributed by atoms with Gasteiger partial charge in [0.1, 0.15) is 6.61 Å². The molecule has 0 amide bonds. The van der Waals surface area contributed by atoms with Crippen LogP contribution in [0.3, 0.4) is 0 Å². The number of unbranched alkanes of at least 4 members (excludes halogenated alkanes) is 4. The minimum Gasteiger partial charge on any atom is -0.465 e. The number of carbonyl (C=O) groups excluding carboxylic acids is 1. The van der Waals surface area contributed by atoms with Crippen LogP contribution in [0.1, 0.15) is 45.4 Å². The number of hydrogen-bond acceptors (Lipinski definition) is 5. The summed E-state index contributed by atoms with van der Waals surface area (Å²) in [7, 11) is 0. The Bertz CT molecular complexity index is 211. The average molecular weight is 285 g/mol. The molecule has 0 bridgehead atoms. The number of ether oxygens (including phenoxy) is 1. The van der Waals surface area contributed by atoms with Gasteiger partial charge in [-0.1, -0.05) is 32.6 Å². The van der Waals surface area contributed by atoms with Crippen molar-refractivity contribution < 1.29 is 24.9 Å². The summed E-state index contributed by atoms with van der Waals surface area (Å²) >= 11 is 0. The Morgan fingerprint density at radius 2 is 1.53 bits per heavy atom. The zero-order valence-corrected chi connectivity index (χ0v) is 14.2. The fourth-order valence-electron chi connectivity index (χ4n) is 1.47. The molecule has 0 aliphatic carbocycles. The average Bonchev–Trinajstić information content (AvgIpc) is 2.41. The van der Waals surface area contributed by atoms with Crippen molar-refractivity contribution in [1.29, 1.82) is 0 Å². The van der Waals surface area contributed by atoms with E-state index in [9.17, 15) is 4.79 Å². The van der Waals surface area contributed by atoms with Gasteiger partial charge < -0.3 is 20.1 Å². The molecule has 0 unspecified atom stereocenters. The van der Waals surface area contributed by atoms with E-state index in [0.29, 0.717) is 6.42 Å². The molecule has 0 aromatic heterocycles. The fraction of sp³-hybridized carbons (Fsp3) is 0.923. The van der Waals surface area contributed by atoms with Crippen molar-refractivity contribution in [2.75, 3.05) is 26.4 Å². The summed E-state index contributed by atoms with van der Waals surface area (Å²) in [6.45, 7) is 0.744. The van der Waals surface area contributed by atoms with Gasteiger partial charge in [0.15, 0.2) is 0 Å². The topological polar surface area (TPSA) is 87.0 Å². The second-order valence-electron chi connectivity index (χ2n) is 4.80.